The van der Waals surface area contributed by atoms with Crippen LogP contribution in [-0.2, 0) is 6.42 Å². The van der Waals surface area contributed by atoms with Crippen LogP contribution in [0.15, 0.2) is 23.1 Å². The van der Waals surface area contributed by atoms with E-state index in [2.05, 4.69) is 0 Å². The maximum atomic E-state index is 13.0. The molecular weight excluding hydrogens is 228 g/mol. The van der Waals surface area contributed by atoms with Crippen molar-refractivity contribution in [1.29, 1.82) is 0 Å². The molecule has 0 aliphatic carbocycles. The fraction of sp³-hybridized carbons (Fsp3) is 0.400. The Hall–Kier alpha value is -0.710. The molecule has 1 aromatic carbocycles. The first-order valence-corrected chi connectivity index (χ1v) is 5.28. The van der Waals surface area contributed by atoms with E-state index in [-0.39, 0.29) is 4.90 Å². The third-order valence-electron chi connectivity index (χ3n) is 1.76. The minimum absolute atomic E-state index is 0.353. The van der Waals surface area contributed by atoms with E-state index in [1.807, 2.05) is 6.92 Å². The molecule has 1 aromatic rings. The highest BCUT2D eigenvalue weighted by atomic mass is 32.2. The van der Waals surface area contributed by atoms with E-state index in [0.717, 1.165) is 18.1 Å². The van der Waals surface area contributed by atoms with Crippen LogP contribution in [0.3, 0.4) is 0 Å². The molecule has 0 aliphatic rings. The van der Waals surface area contributed by atoms with Crippen molar-refractivity contribution in [2.45, 2.75) is 30.2 Å². The molecule has 0 fully saturated rings. The van der Waals surface area contributed by atoms with Crippen LogP contribution in [0.2, 0.25) is 0 Å². The van der Waals surface area contributed by atoms with E-state index in [1.165, 1.54) is 12.1 Å². The van der Waals surface area contributed by atoms with Crippen LogP contribution in [0.1, 0.15) is 18.9 Å². The average molecular weight is 238 g/mol. The molecule has 0 aliphatic heterocycles. The Labute approximate surface area is 89.7 Å². The lowest BCUT2D eigenvalue weighted by Crippen LogP contribution is -2.01. The molecule has 0 saturated carbocycles. The summed E-state index contributed by atoms with van der Waals surface area (Å²) in [6, 6.07) is 3.86. The van der Waals surface area contributed by atoms with Gasteiger partial charge in [0.1, 0.15) is 5.82 Å². The van der Waals surface area contributed by atoms with E-state index in [9.17, 15) is 17.6 Å². The van der Waals surface area contributed by atoms with Gasteiger partial charge in [-0.05, 0) is 35.9 Å². The maximum Gasteiger partial charge on any atom is 0.446 e. The first-order valence-electron chi connectivity index (χ1n) is 4.46. The topological polar surface area (TPSA) is 0 Å². The van der Waals surface area contributed by atoms with E-state index in [0.29, 0.717) is 6.42 Å². The van der Waals surface area contributed by atoms with Crippen LogP contribution < -0.4 is 0 Å². The lowest BCUT2D eigenvalue weighted by Gasteiger charge is -2.08. The highest BCUT2D eigenvalue weighted by Gasteiger charge is 2.30. The first kappa shape index (κ1) is 12.4. The van der Waals surface area contributed by atoms with Crippen molar-refractivity contribution in [2.75, 3.05) is 0 Å². The summed E-state index contributed by atoms with van der Waals surface area (Å²) < 4.78 is 49.1. The van der Waals surface area contributed by atoms with Gasteiger partial charge < -0.3 is 0 Å². The molecule has 0 nitrogen and oxygen atoms in total. The second kappa shape index (κ2) is 4.88. The fourth-order valence-electron chi connectivity index (χ4n) is 1.19. The smallest absolute Gasteiger partial charge is 0.206 e. The van der Waals surface area contributed by atoms with Gasteiger partial charge in [-0.25, -0.2) is 4.39 Å². The van der Waals surface area contributed by atoms with E-state index in [4.69, 9.17) is 0 Å². The highest BCUT2D eigenvalue weighted by Crippen LogP contribution is 2.38. The predicted octanol–water partition coefficient (Wildman–Crippen LogP) is 4.39. The molecule has 15 heavy (non-hydrogen) atoms. The van der Waals surface area contributed by atoms with E-state index in [1.54, 1.807) is 0 Å². The van der Waals surface area contributed by atoms with Gasteiger partial charge in [-0.2, -0.15) is 13.2 Å². The Kier molecular flexibility index (Phi) is 4.02. The lowest BCUT2D eigenvalue weighted by molar-refractivity contribution is -0.0329. The summed E-state index contributed by atoms with van der Waals surface area (Å²) in [5.41, 5.74) is -3.71. The lowest BCUT2D eigenvalue weighted by atomic mass is 10.1. The van der Waals surface area contributed by atoms with Crippen LogP contribution in [0.25, 0.3) is 0 Å². The normalized spacial score (nSPS) is 11.8. The number of hydrogen-bond donors (Lipinski definition) is 0. The molecule has 0 amide bonds. The zero-order valence-corrected chi connectivity index (χ0v) is 8.88. The zero-order valence-electron chi connectivity index (χ0n) is 8.07. The first-order chi connectivity index (χ1) is 6.92. The van der Waals surface area contributed by atoms with Gasteiger partial charge in [0.25, 0.3) is 0 Å². The fourth-order valence-corrected chi connectivity index (χ4v) is 1.82. The van der Waals surface area contributed by atoms with E-state index < -0.39 is 23.1 Å². The Morgan fingerprint density at radius 2 is 1.93 bits per heavy atom. The highest BCUT2D eigenvalue weighted by molar-refractivity contribution is 8.00. The Morgan fingerprint density at radius 1 is 1.27 bits per heavy atom. The number of alkyl halides is 3. The molecule has 0 atom stereocenters. The quantitative estimate of drug-likeness (QED) is 0.556. The van der Waals surface area contributed by atoms with Crippen molar-refractivity contribution in [3.8, 4) is 0 Å². The molecule has 0 saturated heterocycles. The van der Waals surface area contributed by atoms with Crippen LogP contribution >= 0.6 is 11.8 Å². The third-order valence-corrected chi connectivity index (χ3v) is 2.52. The Morgan fingerprint density at radius 3 is 2.47 bits per heavy atom. The summed E-state index contributed by atoms with van der Waals surface area (Å²) in [6.45, 7) is 1.92. The SMILES string of the molecule is CCCc1ccc(F)c(SC(F)(F)F)c1. The third kappa shape index (κ3) is 4.11. The summed E-state index contributed by atoms with van der Waals surface area (Å²) in [5, 5.41) is 0. The number of benzene rings is 1. The van der Waals surface area contributed by atoms with Gasteiger partial charge >= 0.3 is 5.51 Å². The van der Waals surface area contributed by atoms with Crippen LogP contribution in [-0.4, -0.2) is 5.51 Å². The zero-order chi connectivity index (χ0) is 11.5. The Balaban J connectivity index is 2.90. The van der Waals surface area contributed by atoms with Crippen molar-refractivity contribution in [2.24, 2.45) is 0 Å². The molecule has 1 rings (SSSR count). The number of halogens is 4. The summed E-state index contributed by atoms with van der Waals surface area (Å²) >= 11 is -0.408. The van der Waals surface area contributed by atoms with Crippen molar-refractivity contribution in [1.82, 2.24) is 0 Å². The van der Waals surface area contributed by atoms with Crippen molar-refractivity contribution in [3.63, 3.8) is 0 Å². The molecule has 84 valence electrons. The molecule has 0 aromatic heterocycles. The monoisotopic (exact) mass is 238 g/mol. The molecule has 0 spiro atoms. The largest absolute Gasteiger partial charge is 0.446 e. The van der Waals surface area contributed by atoms with Crippen molar-refractivity contribution >= 4 is 11.8 Å². The van der Waals surface area contributed by atoms with Gasteiger partial charge in [-0.1, -0.05) is 19.4 Å². The van der Waals surface area contributed by atoms with Crippen LogP contribution in [0.4, 0.5) is 17.6 Å². The van der Waals surface area contributed by atoms with Crippen molar-refractivity contribution in [3.05, 3.63) is 29.6 Å². The van der Waals surface area contributed by atoms with Gasteiger partial charge in [0.2, 0.25) is 0 Å². The minimum atomic E-state index is -4.44. The number of hydrogen-bond acceptors (Lipinski definition) is 1. The van der Waals surface area contributed by atoms with Crippen molar-refractivity contribution < 1.29 is 17.6 Å². The van der Waals surface area contributed by atoms with Gasteiger partial charge in [0.15, 0.2) is 0 Å². The second-order valence-electron chi connectivity index (χ2n) is 3.06. The van der Waals surface area contributed by atoms with E-state index >= 15 is 0 Å². The molecule has 0 radical (unpaired) electrons. The molecular formula is C10H10F4S. The van der Waals surface area contributed by atoms with Gasteiger partial charge in [-0.3, -0.25) is 0 Å². The number of aryl methyl sites for hydroxylation is 1. The van der Waals surface area contributed by atoms with Gasteiger partial charge in [0, 0.05) is 0 Å². The molecule has 0 bridgehead atoms. The summed E-state index contributed by atoms with van der Waals surface area (Å²) in [7, 11) is 0. The standard InChI is InChI=1S/C10H10F4S/c1-2-3-7-4-5-8(11)9(6-7)15-10(12,13)14/h4-6H,2-3H2,1H3. The number of rotatable bonds is 3. The molecule has 0 unspecified atom stereocenters. The summed E-state index contributed by atoms with van der Waals surface area (Å²) in [5.74, 6) is -0.822. The Bertz CT molecular complexity index is 333. The predicted molar refractivity (Wildman–Crippen MR) is 52.3 cm³/mol. The number of thioether (sulfide) groups is 1. The van der Waals surface area contributed by atoms with Crippen LogP contribution in [0.5, 0.6) is 0 Å². The summed E-state index contributed by atoms with van der Waals surface area (Å²) in [6.07, 6.45) is 1.48. The summed E-state index contributed by atoms with van der Waals surface area (Å²) in [4.78, 5) is -0.353. The van der Waals surface area contributed by atoms with Crippen LogP contribution in [0, 0.1) is 5.82 Å². The van der Waals surface area contributed by atoms with Gasteiger partial charge in [-0.15, -0.1) is 0 Å². The maximum absolute atomic E-state index is 13.0. The average Bonchev–Trinajstić information content (AvgIpc) is 2.09. The van der Waals surface area contributed by atoms with Gasteiger partial charge in [0.05, 0.1) is 4.90 Å². The minimum Gasteiger partial charge on any atom is -0.206 e. The molecule has 5 heteroatoms. The molecule has 0 heterocycles. The second-order valence-corrected chi connectivity index (χ2v) is 4.17. The molecule has 0 N–H and O–H groups in total.